The highest BCUT2D eigenvalue weighted by Gasteiger charge is 2.52. The zero-order valence-corrected chi connectivity index (χ0v) is 21.3. The largest absolute Gasteiger partial charge is 0.510 e. The van der Waals surface area contributed by atoms with Crippen LogP contribution in [0.3, 0.4) is 0 Å². The average Bonchev–Trinajstić information content (AvgIpc) is 2.82. The summed E-state index contributed by atoms with van der Waals surface area (Å²) in [5.41, 5.74) is 2.74. The first-order chi connectivity index (χ1) is 16.2. The number of aliphatic hydroxyl groups excluding tert-OH is 1. The topological polar surface area (TPSA) is 46.5 Å². The normalized spacial score (nSPS) is 18.0. The summed E-state index contributed by atoms with van der Waals surface area (Å²) in [6, 6.07) is 25.8. The Hall–Kier alpha value is -2.98. The number of carbonyl (C=O) groups is 1. The van der Waals surface area contributed by atoms with Crippen LogP contribution < -0.4 is 0 Å². The van der Waals surface area contributed by atoms with Crippen molar-refractivity contribution in [2.75, 3.05) is 0 Å². The number of hydrogen-bond donors (Lipinski definition) is 1. The molecule has 1 aliphatic rings. The van der Waals surface area contributed by atoms with E-state index in [1.54, 1.807) is 0 Å². The van der Waals surface area contributed by atoms with E-state index in [2.05, 4.69) is 39.0 Å². The summed E-state index contributed by atoms with van der Waals surface area (Å²) < 4.78 is 6.38. The van der Waals surface area contributed by atoms with Crippen LogP contribution in [0.25, 0.3) is 0 Å². The Bertz CT molecular complexity index is 1170. The van der Waals surface area contributed by atoms with E-state index in [0.29, 0.717) is 6.42 Å². The van der Waals surface area contributed by atoms with Gasteiger partial charge in [-0.2, -0.15) is 0 Å². The molecule has 1 heterocycles. The van der Waals surface area contributed by atoms with Gasteiger partial charge in [0.05, 0.1) is 5.92 Å². The zero-order chi connectivity index (χ0) is 24.5. The second kappa shape index (κ2) is 9.34. The second-order valence-electron chi connectivity index (χ2n) is 9.88. The molecule has 1 atom stereocenters. The first-order valence-corrected chi connectivity index (χ1v) is 12.6. The molecular weight excluding hydrogens is 440 g/mol. The Balaban J connectivity index is 1.89. The summed E-state index contributed by atoms with van der Waals surface area (Å²) in [6.07, 6.45) is 0.604. The third-order valence-electron chi connectivity index (χ3n) is 6.46. The van der Waals surface area contributed by atoms with Gasteiger partial charge in [0.15, 0.2) is 5.60 Å². The number of esters is 1. The average molecular weight is 473 g/mol. The predicted octanol–water partition coefficient (Wildman–Crippen LogP) is 7.68. The molecule has 0 aliphatic carbocycles. The van der Waals surface area contributed by atoms with Crippen LogP contribution in [0.5, 0.6) is 0 Å². The molecule has 4 rings (SSSR count). The summed E-state index contributed by atoms with van der Waals surface area (Å²) in [6.45, 7) is 10.5. The molecule has 1 aliphatic heterocycles. The van der Waals surface area contributed by atoms with Gasteiger partial charge >= 0.3 is 5.97 Å². The summed E-state index contributed by atoms with van der Waals surface area (Å²) in [5.74, 6) is -0.820. The van der Waals surface area contributed by atoms with Crippen LogP contribution in [0.15, 0.2) is 94.4 Å². The van der Waals surface area contributed by atoms with Gasteiger partial charge in [-0.05, 0) is 36.0 Å². The highest BCUT2D eigenvalue weighted by atomic mass is 32.2. The number of hydrogen-bond acceptors (Lipinski definition) is 4. The SMILES string of the molecule is CCC1C(O)=C(Sc2cc(C)ccc2C(C)(C)C)C(=O)OC1(c1ccccc1)c1ccccc1. The van der Waals surface area contributed by atoms with E-state index in [0.717, 1.165) is 27.1 Å². The Morgan fingerprint density at radius 2 is 1.50 bits per heavy atom. The van der Waals surface area contributed by atoms with Crippen molar-refractivity contribution in [2.45, 2.75) is 57.0 Å². The lowest BCUT2D eigenvalue weighted by Gasteiger charge is -2.43. The fourth-order valence-corrected chi connectivity index (χ4v) is 6.12. The van der Waals surface area contributed by atoms with Crippen molar-refractivity contribution in [1.82, 2.24) is 0 Å². The first-order valence-electron chi connectivity index (χ1n) is 11.7. The van der Waals surface area contributed by atoms with Gasteiger partial charge in [-0.3, -0.25) is 0 Å². The maximum absolute atomic E-state index is 13.6. The quantitative estimate of drug-likeness (QED) is 0.387. The fraction of sp³-hybridized carbons (Fsp3) is 0.300. The number of rotatable bonds is 5. The molecule has 1 N–H and O–H groups in total. The number of carbonyl (C=O) groups excluding carboxylic acids is 1. The molecule has 0 radical (unpaired) electrons. The molecule has 0 fully saturated rings. The molecular formula is C30H32O3S. The number of cyclic esters (lactones) is 1. The lowest BCUT2D eigenvalue weighted by molar-refractivity contribution is -0.160. The summed E-state index contributed by atoms with van der Waals surface area (Å²) in [5, 5.41) is 11.6. The summed E-state index contributed by atoms with van der Waals surface area (Å²) in [4.78, 5) is 14.9. The van der Waals surface area contributed by atoms with E-state index < -0.39 is 17.5 Å². The molecule has 3 aromatic carbocycles. The van der Waals surface area contributed by atoms with Gasteiger partial charge in [0.1, 0.15) is 10.7 Å². The predicted molar refractivity (Wildman–Crippen MR) is 139 cm³/mol. The molecule has 1 unspecified atom stereocenters. The Labute approximate surface area is 206 Å². The Kier molecular flexibility index (Phi) is 6.64. The number of aryl methyl sites for hydroxylation is 1. The van der Waals surface area contributed by atoms with Gasteiger partial charge in [0.2, 0.25) is 0 Å². The van der Waals surface area contributed by atoms with Crippen LogP contribution in [0.1, 0.15) is 56.4 Å². The monoisotopic (exact) mass is 472 g/mol. The molecule has 0 bridgehead atoms. The maximum Gasteiger partial charge on any atom is 0.349 e. The van der Waals surface area contributed by atoms with Gasteiger partial charge in [0.25, 0.3) is 0 Å². The van der Waals surface area contributed by atoms with Gasteiger partial charge in [-0.25, -0.2) is 4.79 Å². The number of aliphatic hydroxyl groups is 1. The first kappa shape index (κ1) is 24.2. The smallest absolute Gasteiger partial charge is 0.349 e. The van der Waals surface area contributed by atoms with Crippen LogP contribution in [-0.2, 0) is 20.5 Å². The minimum absolute atomic E-state index is 0.0952. The third kappa shape index (κ3) is 4.27. The van der Waals surface area contributed by atoms with Crippen molar-refractivity contribution in [3.8, 4) is 0 Å². The van der Waals surface area contributed by atoms with Crippen molar-refractivity contribution in [2.24, 2.45) is 5.92 Å². The van der Waals surface area contributed by atoms with Crippen molar-refractivity contribution in [3.63, 3.8) is 0 Å². The van der Waals surface area contributed by atoms with Crippen LogP contribution >= 0.6 is 11.8 Å². The van der Waals surface area contributed by atoms with E-state index in [9.17, 15) is 9.90 Å². The molecule has 34 heavy (non-hydrogen) atoms. The van der Waals surface area contributed by atoms with Crippen LogP contribution in [0.2, 0.25) is 0 Å². The van der Waals surface area contributed by atoms with Crippen molar-refractivity contribution in [1.29, 1.82) is 0 Å². The number of thioether (sulfide) groups is 1. The lowest BCUT2D eigenvalue weighted by atomic mass is 9.72. The van der Waals surface area contributed by atoms with Crippen molar-refractivity contribution < 1.29 is 14.6 Å². The standard InChI is InChI=1S/C30H32O3S/c1-6-23-26(31)27(34-25-19-20(2)17-18-24(25)29(3,4)5)28(32)33-30(23,21-13-9-7-10-14-21)22-15-11-8-12-16-22/h7-19,23,31H,6H2,1-5H3. The molecule has 4 heteroatoms. The highest BCUT2D eigenvalue weighted by molar-refractivity contribution is 8.04. The van der Waals surface area contributed by atoms with E-state index in [1.807, 2.05) is 74.5 Å². The molecule has 0 saturated carbocycles. The number of benzene rings is 3. The molecule has 3 nitrogen and oxygen atoms in total. The Morgan fingerprint density at radius 3 is 2.00 bits per heavy atom. The van der Waals surface area contributed by atoms with E-state index in [-0.39, 0.29) is 16.1 Å². The molecule has 176 valence electrons. The van der Waals surface area contributed by atoms with Crippen LogP contribution in [0, 0.1) is 12.8 Å². The molecule has 3 aromatic rings. The minimum Gasteiger partial charge on any atom is -0.510 e. The third-order valence-corrected chi connectivity index (χ3v) is 7.60. The van der Waals surface area contributed by atoms with Crippen LogP contribution in [-0.4, -0.2) is 11.1 Å². The molecule has 0 amide bonds. The lowest BCUT2D eigenvalue weighted by Crippen LogP contribution is -2.46. The number of ether oxygens (including phenoxy) is 1. The van der Waals surface area contributed by atoms with Crippen LogP contribution in [0.4, 0.5) is 0 Å². The van der Waals surface area contributed by atoms with Gasteiger partial charge in [-0.1, -0.05) is 112 Å². The van der Waals surface area contributed by atoms with Gasteiger partial charge in [0, 0.05) is 16.0 Å². The van der Waals surface area contributed by atoms with Crippen molar-refractivity contribution >= 4 is 17.7 Å². The fourth-order valence-electron chi connectivity index (χ4n) is 4.80. The summed E-state index contributed by atoms with van der Waals surface area (Å²) in [7, 11) is 0. The minimum atomic E-state index is -1.10. The maximum atomic E-state index is 13.6. The van der Waals surface area contributed by atoms with Gasteiger partial charge in [-0.15, -0.1) is 0 Å². The molecule has 0 spiro atoms. The molecule has 0 saturated heterocycles. The summed E-state index contributed by atoms with van der Waals surface area (Å²) >= 11 is 1.31. The van der Waals surface area contributed by atoms with Crippen molar-refractivity contribution in [3.05, 3.63) is 112 Å². The highest BCUT2D eigenvalue weighted by Crippen LogP contribution is 2.51. The second-order valence-corrected chi connectivity index (χ2v) is 10.9. The molecule has 0 aromatic heterocycles. The van der Waals surface area contributed by atoms with E-state index in [4.69, 9.17) is 4.74 Å². The Morgan fingerprint density at radius 1 is 0.941 bits per heavy atom. The van der Waals surface area contributed by atoms with E-state index >= 15 is 0 Å². The van der Waals surface area contributed by atoms with Gasteiger partial charge < -0.3 is 9.84 Å². The van der Waals surface area contributed by atoms with E-state index in [1.165, 1.54) is 11.8 Å². The zero-order valence-electron chi connectivity index (χ0n) is 20.5.